The lowest BCUT2D eigenvalue weighted by molar-refractivity contribution is 0.101. The van der Waals surface area contributed by atoms with Gasteiger partial charge in [-0.1, -0.05) is 0 Å². The van der Waals surface area contributed by atoms with Crippen molar-refractivity contribution in [3.8, 4) is 17.2 Å². The summed E-state index contributed by atoms with van der Waals surface area (Å²) in [6.07, 6.45) is 1.81. The normalized spacial score (nSPS) is 10.2. The highest BCUT2D eigenvalue weighted by Crippen LogP contribution is 2.40. The Morgan fingerprint density at radius 2 is 1.68 bits per heavy atom. The average Bonchev–Trinajstić information content (AvgIpc) is 2.84. The van der Waals surface area contributed by atoms with Crippen LogP contribution in [0.4, 0.5) is 5.69 Å². The highest BCUT2D eigenvalue weighted by molar-refractivity contribution is 9.10. The maximum atomic E-state index is 12.3. The van der Waals surface area contributed by atoms with Gasteiger partial charge in [-0.05, 0) is 22.0 Å². The van der Waals surface area contributed by atoms with Crippen molar-refractivity contribution in [2.75, 3.05) is 26.6 Å². The van der Waals surface area contributed by atoms with Crippen LogP contribution in [-0.2, 0) is 7.05 Å². The number of hydrogen-bond acceptors (Lipinski definition) is 4. The fraction of sp³-hybridized carbons (Fsp3) is 0.267. The molecule has 0 unspecified atom stereocenters. The molecule has 0 aliphatic heterocycles. The molecule has 0 bridgehead atoms. The number of ether oxygens (including phenoxy) is 3. The molecule has 22 heavy (non-hydrogen) atoms. The zero-order chi connectivity index (χ0) is 16.3. The number of amides is 1. The number of aryl methyl sites for hydroxylation is 1. The number of nitrogens with one attached hydrogen (secondary N) is 1. The molecule has 0 fully saturated rings. The first kappa shape index (κ1) is 16.2. The summed E-state index contributed by atoms with van der Waals surface area (Å²) < 4.78 is 18.4. The van der Waals surface area contributed by atoms with E-state index in [1.165, 1.54) is 21.3 Å². The number of methoxy groups -OCH3 is 3. The minimum Gasteiger partial charge on any atom is -0.493 e. The maximum Gasteiger partial charge on any atom is 0.272 e. The van der Waals surface area contributed by atoms with Gasteiger partial charge in [-0.3, -0.25) is 4.79 Å². The number of rotatable bonds is 5. The number of aromatic nitrogens is 1. The largest absolute Gasteiger partial charge is 0.493 e. The van der Waals surface area contributed by atoms with Crippen molar-refractivity contribution >= 4 is 27.5 Å². The lowest BCUT2D eigenvalue weighted by atomic mass is 10.2. The van der Waals surface area contributed by atoms with Crippen LogP contribution in [0.3, 0.4) is 0 Å². The standard InChI is InChI=1S/C15H17BrN2O4/c1-18-8-9(16)5-11(18)15(19)17-10-6-12(20-2)14(22-4)13(7-10)21-3/h5-8H,1-4H3,(H,17,19). The summed E-state index contributed by atoms with van der Waals surface area (Å²) in [6, 6.07) is 5.10. The van der Waals surface area contributed by atoms with Crippen molar-refractivity contribution in [1.29, 1.82) is 0 Å². The van der Waals surface area contributed by atoms with Gasteiger partial charge in [0.2, 0.25) is 5.75 Å². The molecule has 118 valence electrons. The predicted octanol–water partition coefficient (Wildman–Crippen LogP) is 3.07. The molecule has 0 aliphatic rings. The molecule has 0 saturated heterocycles. The van der Waals surface area contributed by atoms with Crippen LogP contribution < -0.4 is 19.5 Å². The fourth-order valence-corrected chi connectivity index (χ4v) is 2.62. The Morgan fingerprint density at radius 1 is 1.09 bits per heavy atom. The van der Waals surface area contributed by atoms with Crippen LogP contribution >= 0.6 is 15.9 Å². The Balaban J connectivity index is 2.33. The van der Waals surface area contributed by atoms with Crippen molar-refractivity contribution < 1.29 is 19.0 Å². The average molecular weight is 369 g/mol. The summed E-state index contributed by atoms with van der Waals surface area (Å²) in [6.45, 7) is 0. The van der Waals surface area contributed by atoms with E-state index >= 15 is 0 Å². The Bertz CT molecular complexity index is 672. The van der Waals surface area contributed by atoms with E-state index in [9.17, 15) is 4.79 Å². The second kappa shape index (κ2) is 6.74. The second-order valence-corrected chi connectivity index (χ2v) is 5.44. The number of anilines is 1. The van der Waals surface area contributed by atoms with E-state index in [1.54, 1.807) is 29.8 Å². The smallest absolute Gasteiger partial charge is 0.272 e. The summed E-state index contributed by atoms with van der Waals surface area (Å²) in [5, 5.41) is 2.82. The second-order valence-electron chi connectivity index (χ2n) is 4.52. The highest BCUT2D eigenvalue weighted by atomic mass is 79.9. The molecule has 6 nitrogen and oxygen atoms in total. The van der Waals surface area contributed by atoms with Crippen LogP contribution in [0.5, 0.6) is 17.2 Å². The van der Waals surface area contributed by atoms with E-state index in [0.29, 0.717) is 28.6 Å². The third-order valence-electron chi connectivity index (χ3n) is 3.13. The molecule has 0 saturated carbocycles. The predicted molar refractivity (Wildman–Crippen MR) is 87.2 cm³/mol. The van der Waals surface area contributed by atoms with Crippen LogP contribution in [0.15, 0.2) is 28.9 Å². The van der Waals surface area contributed by atoms with Crippen molar-refractivity contribution in [3.63, 3.8) is 0 Å². The van der Waals surface area contributed by atoms with Gasteiger partial charge in [0.25, 0.3) is 5.91 Å². The topological polar surface area (TPSA) is 61.7 Å². The number of benzene rings is 1. The monoisotopic (exact) mass is 368 g/mol. The third kappa shape index (κ3) is 3.19. The van der Waals surface area contributed by atoms with E-state index in [1.807, 2.05) is 6.20 Å². The van der Waals surface area contributed by atoms with Gasteiger partial charge in [0.05, 0.1) is 21.3 Å². The molecular formula is C15H17BrN2O4. The van der Waals surface area contributed by atoms with Crippen molar-refractivity contribution in [2.45, 2.75) is 0 Å². The maximum absolute atomic E-state index is 12.3. The molecule has 0 spiro atoms. The highest BCUT2D eigenvalue weighted by Gasteiger charge is 2.16. The minimum absolute atomic E-state index is 0.234. The fourth-order valence-electron chi connectivity index (χ4n) is 2.10. The molecule has 0 aliphatic carbocycles. The Morgan fingerprint density at radius 3 is 2.09 bits per heavy atom. The summed E-state index contributed by atoms with van der Waals surface area (Å²) in [4.78, 5) is 12.3. The molecule has 1 aromatic carbocycles. The number of hydrogen-bond donors (Lipinski definition) is 1. The van der Waals surface area contributed by atoms with Gasteiger partial charge in [0.1, 0.15) is 5.69 Å². The first-order chi connectivity index (χ1) is 10.5. The first-order valence-electron chi connectivity index (χ1n) is 6.43. The summed E-state index contributed by atoms with van der Waals surface area (Å²) >= 11 is 3.34. The minimum atomic E-state index is -0.234. The summed E-state index contributed by atoms with van der Waals surface area (Å²) in [5.74, 6) is 1.20. The van der Waals surface area contributed by atoms with Gasteiger partial charge in [0.15, 0.2) is 11.5 Å². The summed E-state index contributed by atoms with van der Waals surface area (Å²) in [7, 11) is 6.38. The van der Waals surface area contributed by atoms with Crippen molar-refractivity contribution in [2.24, 2.45) is 7.05 Å². The van der Waals surface area contributed by atoms with Crippen molar-refractivity contribution in [3.05, 3.63) is 34.6 Å². The van der Waals surface area contributed by atoms with E-state index in [-0.39, 0.29) is 5.91 Å². The molecule has 1 amide bonds. The molecule has 0 atom stereocenters. The quantitative estimate of drug-likeness (QED) is 0.880. The molecular weight excluding hydrogens is 352 g/mol. The molecule has 1 heterocycles. The molecule has 7 heteroatoms. The number of carbonyl (C=O) groups is 1. The molecule has 2 aromatic rings. The molecule has 0 radical (unpaired) electrons. The van der Waals surface area contributed by atoms with E-state index in [2.05, 4.69) is 21.2 Å². The van der Waals surface area contributed by atoms with Gasteiger partial charge >= 0.3 is 0 Å². The third-order valence-corrected chi connectivity index (χ3v) is 3.56. The van der Waals surface area contributed by atoms with Gasteiger partial charge in [-0.25, -0.2) is 0 Å². The zero-order valence-corrected chi connectivity index (χ0v) is 14.4. The van der Waals surface area contributed by atoms with E-state index < -0.39 is 0 Å². The molecule has 2 rings (SSSR count). The Hall–Kier alpha value is -2.15. The van der Waals surface area contributed by atoms with E-state index in [0.717, 1.165) is 4.47 Å². The number of carbonyl (C=O) groups excluding carboxylic acids is 1. The number of halogens is 1. The first-order valence-corrected chi connectivity index (χ1v) is 7.22. The SMILES string of the molecule is COc1cc(NC(=O)c2cc(Br)cn2C)cc(OC)c1OC. The van der Waals surface area contributed by atoms with E-state index in [4.69, 9.17) is 14.2 Å². The van der Waals surface area contributed by atoms with Gasteiger partial charge < -0.3 is 24.1 Å². The van der Waals surface area contributed by atoms with Crippen LogP contribution in [0.2, 0.25) is 0 Å². The van der Waals surface area contributed by atoms with Crippen LogP contribution in [0.25, 0.3) is 0 Å². The lowest BCUT2D eigenvalue weighted by Crippen LogP contribution is -2.15. The number of nitrogens with zero attached hydrogens (tertiary/aromatic N) is 1. The lowest BCUT2D eigenvalue weighted by Gasteiger charge is -2.14. The van der Waals surface area contributed by atoms with Crippen molar-refractivity contribution in [1.82, 2.24) is 4.57 Å². The zero-order valence-electron chi connectivity index (χ0n) is 12.8. The van der Waals surface area contributed by atoms with Crippen LogP contribution in [0, 0.1) is 0 Å². The Labute approximate surface area is 137 Å². The molecule has 1 aromatic heterocycles. The summed E-state index contributed by atoms with van der Waals surface area (Å²) in [5.41, 5.74) is 1.08. The van der Waals surface area contributed by atoms with Gasteiger partial charge in [-0.2, -0.15) is 0 Å². The van der Waals surface area contributed by atoms with Crippen LogP contribution in [-0.4, -0.2) is 31.8 Å². The van der Waals surface area contributed by atoms with Crippen LogP contribution in [0.1, 0.15) is 10.5 Å². The molecule has 1 N–H and O–H groups in total. The van der Waals surface area contributed by atoms with Gasteiger partial charge in [-0.15, -0.1) is 0 Å². The Kier molecular flexibility index (Phi) is 4.97. The van der Waals surface area contributed by atoms with Gasteiger partial charge in [0, 0.05) is 35.5 Å².